The van der Waals surface area contributed by atoms with Gasteiger partial charge in [0.05, 0.1) is 10.1 Å². The predicted octanol–water partition coefficient (Wildman–Crippen LogP) is 5.79. The van der Waals surface area contributed by atoms with Crippen molar-refractivity contribution < 1.29 is 19.7 Å². The van der Waals surface area contributed by atoms with Crippen LogP contribution in [0.4, 0.5) is 0 Å². The summed E-state index contributed by atoms with van der Waals surface area (Å²) < 4.78 is 12.5. The van der Waals surface area contributed by atoms with Gasteiger partial charge in [-0.05, 0) is 78.3 Å². The van der Waals surface area contributed by atoms with E-state index in [0.717, 1.165) is 45.9 Å². The van der Waals surface area contributed by atoms with Gasteiger partial charge in [0, 0.05) is 19.6 Å². The molecule has 2 N–H and O–H groups in total. The molecule has 4 atom stereocenters. The van der Waals surface area contributed by atoms with Gasteiger partial charge in [-0.1, -0.05) is 24.3 Å². The monoisotopic (exact) mass is 475 g/mol. The summed E-state index contributed by atoms with van der Waals surface area (Å²) in [5.74, 6) is 3.97. The Morgan fingerprint density at radius 1 is 0.853 bits per heavy atom. The Balaban J connectivity index is 1.17. The predicted molar refractivity (Wildman–Crippen MR) is 133 cm³/mol. The highest BCUT2D eigenvalue weighted by Gasteiger charge is 2.38. The van der Waals surface area contributed by atoms with Gasteiger partial charge in [0.2, 0.25) is 0 Å². The van der Waals surface area contributed by atoms with Gasteiger partial charge in [-0.3, -0.25) is 4.90 Å². The maximum absolute atomic E-state index is 9.95. The standard InChI is InChI=1S/C28H29NO4S/c30-22-7-3-19(4-8-22)28-27(33-25-12-9-23(31)15-26(25)34-28)18-5-10-24(11-6-18)32-14-13-29-16-20-1-2-21(20)17-29/h3-12,15,20-21,27-28,30-31H,1-2,13-14,16-17H2. The van der Waals surface area contributed by atoms with Crippen molar-refractivity contribution in [2.45, 2.75) is 29.1 Å². The summed E-state index contributed by atoms with van der Waals surface area (Å²) in [7, 11) is 0. The highest BCUT2D eigenvalue weighted by Crippen LogP contribution is 2.54. The maximum Gasteiger partial charge on any atom is 0.140 e. The first-order valence-electron chi connectivity index (χ1n) is 12.0. The summed E-state index contributed by atoms with van der Waals surface area (Å²) in [6.07, 6.45) is 2.60. The fourth-order valence-electron chi connectivity index (χ4n) is 5.32. The van der Waals surface area contributed by atoms with Gasteiger partial charge in [0.15, 0.2) is 0 Å². The van der Waals surface area contributed by atoms with E-state index in [-0.39, 0.29) is 22.9 Å². The minimum Gasteiger partial charge on any atom is -0.508 e. The third kappa shape index (κ3) is 4.32. The quantitative estimate of drug-likeness (QED) is 0.471. The van der Waals surface area contributed by atoms with Crippen LogP contribution < -0.4 is 9.47 Å². The van der Waals surface area contributed by atoms with E-state index in [1.54, 1.807) is 36.0 Å². The van der Waals surface area contributed by atoms with E-state index in [2.05, 4.69) is 17.0 Å². The molecule has 3 aliphatic rings. The molecule has 6 rings (SSSR count). The van der Waals surface area contributed by atoms with Crippen LogP contribution >= 0.6 is 11.8 Å². The Morgan fingerprint density at radius 2 is 1.53 bits per heavy atom. The lowest BCUT2D eigenvalue weighted by molar-refractivity contribution is 0.190. The zero-order valence-electron chi connectivity index (χ0n) is 19.0. The number of ether oxygens (including phenoxy) is 2. The van der Waals surface area contributed by atoms with E-state index >= 15 is 0 Å². The van der Waals surface area contributed by atoms with E-state index in [1.807, 2.05) is 30.3 Å². The zero-order chi connectivity index (χ0) is 23.1. The number of hydrogen-bond donors (Lipinski definition) is 2. The molecule has 0 bridgehead atoms. The van der Waals surface area contributed by atoms with Crippen molar-refractivity contribution in [2.24, 2.45) is 11.8 Å². The van der Waals surface area contributed by atoms with Crippen LogP contribution in [0.15, 0.2) is 71.6 Å². The Kier molecular flexibility index (Phi) is 5.79. The fourth-order valence-corrected chi connectivity index (χ4v) is 6.64. The van der Waals surface area contributed by atoms with Crippen molar-refractivity contribution in [2.75, 3.05) is 26.2 Å². The molecular formula is C28H29NO4S. The molecule has 0 aromatic heterocycles. The first-order chi connectivity index (χ1) is 16.6. The summed E-state index contributed by atoms with van der Waals surface area (Å²) in [6, 6.07) is 20.7. The molecule has 2 heterocycles. The molecule has 1 saturated carbocycles. The number of benzene rings is 3. The molecule has 3 aromatic rings. The second kappa shape index (κ2) is 9.08. The second-order valence-electron chi connectivity index (χ2n) is 9.57. The van der Waals surface area contributed by atoms with E-state index < -0.39 is 0 Å². The molecule has 0 spiro atoms. The SMILES string of the molecule is Oc1ccc(C2Sc3cc(O)ccc3OC2c2ccc(OCCN3CC4CCC4C3)cc2)cc1. The first kappa shape index (κ1) is 21.7. The van der Waals surface area contributed by atoms with E-state index in [1.165, 1.54) is 25.9 Å². The van der Waals surface area contributed by atoms with Gasteiger partial charge >= 0.3 is 0 Å². The lowest BCUT2D eigenvalue weighted by atomic mass is 9.77. The van der Waals surface area contributed by atoms with Crippen LogP contribution in [0, 0.1) is 11.8 Å². The third-order valence-electron chi connectivity index (χ3n) is 7.38. The number of rotatable bonds is 6. The molecule has 5 nitrogen and oxygen atoms in total. The Bertz CT molecular complexity index is 1140. The van der Waals surface area contributed by atoms with Gasteiger partial charge in [0.1, 0.15) is 35.7 Å². The number of nitrogens with zero attached hydrogens (tertiary/aromatic N) is 1. The van der Waals surface area contributed by atoms with Crippen molar-refractivity contribution in [1.29, 1.82) is 0 Å². The van der Waals surface area contributed by atoms with Crippen molar-refractivity contribution in [3.05, 3.63) is 77.9 Å². The summed E-state index contributed by atoms with van der Waals surface area (Å²) in [4.78, 5) is 3.45. The zero-order valence-corrected chi connectivity index (χ0v) is 19.8. The van der Waals surface area contributed by atoms with Crippen molar-refractivity contribution in [3.8, 4) is 23.0 Å². The van der Waals surface area contributed by atoms with Crippen LogP contribution in [0.2, 0.25) is 0 Å². The molecule has 6 heteroatoms. The molecule has 1 saturated heterocycles. The molecule has 2 fully saturated rings. The second-order valence-corrected chi connectivity index (χ2v) is 10.8. The minimum atomic E-state index is -0.208. The van der Waals surface area contributed by atoms with Gasteiger partial charge < -0.3 is 19.7 Å². The van der Waals surface area contributed by atoms with E-state index in [4.69, 9.17) is 9.47 Å². The summed E-state index contributed by atoms with van der Waals surface area (Å²) in [5, 5.41) is 19.7. The van der Waals surface area contributed by atoms with E-state index in [0.29, 0.717) is 6.61 Å². The summed E-state index contributed by atoms with van der Waals surface area (Å²) >= 11 is 1.67. The number of thioether (sulfide) groups is 1. The average Bonchev–Trinajstić information content (AvgIpc) is 3.12. The molecular weight excluding hydrogens is 446 g/mol. The topological polar surface area (TPSA) is 62.2 Å². The Hall–Kier alpha value is -2.83. The maximum atomic E-state index is 9.95. The Morgan fingerprint density at radius 3 is 2.24 bits per heavy atom. The van der Waals surface area contributed by atoms with E-state index in [9.17, 15) is 10.2 Å². The molecule has 3 aromatic carbocycles. The summed E-state index contributed by atoms with van der Waals surface area (Å²) in [5.41, 5.74) is 2.12. The van der Waals surface area contributed by atoms with Gasteiger partial charge in [0.25, 0.3) is 0 Å². The highest BCUT2D eigenvalue weighted by molar-refractivity contribution is 7.99. The van der Waals surface area contributed by atoms with Crippen molar-refractivity contribution in [3.63, 3.8) is 0 Å². The molecule has 2 aliphatic heterocycles. The number of phenolic OH excluding ortho intramolecular Hbond substituents is 2. The van der Waals surface area contributed by atoms with Crippen LogP contribution in [0.3, 0.4) is 0 Å². The smallest absolute Gasteiger partial charge is 0.140 e. The van der Waals surface area contributed by atoms with Crippen LogP contribution in [0.5, 0.6) is 23.0 Å². The normalized spacial score (nSPS) is 25.6. The number of aromatic hydroxyl groups is 2. The average molecular weight is 476 g/mol. The van der Waals surface area contributed by atoms with Crippen LogP contribution in [-0.4, -0.2) is 41.4 Å². The molecule has 176 valence electrons. The highest BCUT2D eigenvalue weighted by atomic mass is 32.2. The lowest BCUT2D eigenvalue weighted by Gasteiger charge is -2.34. The number of likely N-dealkylation sites (tertiary alicyclic amines) is 1. The van der Waals surface area contributed by atoms with Crippen LogP contribution in [0.25, 0.3) is 0 Å². The van der Waals surface area contributed by atoms with Crippen molar-refractivity contribution >= 4 is 11.8 Å². The molecule has 0 amide bonds. The van der Waals surface area contributed by atoms with Crippen LogP contribution in [-0.2, 0) is 0 Å². The lowest BCUT2D eigenvalue weighted by Crippen LogP contribution is -2.26. The number of fused-ring (bicyclic) bond motifs is 2. The molecule has 34 heavy (non-hydrogen) atoms. The van der Waals surface area contributed by atoms with Crippen LogP contribution in [0.1, 0.15) is 35.3 Å². The van der Waals surface area contributed by atoms with Gasteiger partial charge in [-0.2, -0.15) is 0 Å². The minimum absolute atomic E-state index is 0.0211. The number of hydrogen-bond acceptors (Lipinski definition) is 6. The number of phenols is 2. The molecule has 0 radical (unpaired) electrons. The Labute approximate surface area is 204 Å². The van der Waals surface area contributed by atoms with Gasteiger partial charge in [-0.15, -0.1) is 11.8 Å². The summed E-state index contributed by atoms with van der Waals surface area (Å²) in [6.45, 7) is 4.17. The fraction of sp³-hybridized carbons (Fsp3) is 0.357. The van der Waals surface area contributed by atoms with Gasteiger partial charge in [-0.25, -0.2) is 0 Å². The third-order valence-corrected chi connectivity index (χ3v) is 8.72. The molecule has 4 unspecified atom stereocenters. The molecule has 1 aliphatic carbocycles. The largest absolute Gasteiger partial charge is 0.508 e. The first-order valence-corrected chi connectivity index (χ1v) is 12.9. The van der Waals surface area contributed by atoms with Crippen molar-refractivity contribution in [1.82, 2.24) is 4.90 Å².